The van der Waals surface area contributed by atoms with Gasteiger partial charge in [-0.15, -0.1) is 0 Å². The predicted octanol–water partition coefficient (Wildman–Crippen LogP) is 25.4. The van der Waals surface area contributed by atoms with Crippen LogP contribution in [0.3, 0.4) is 0 Å². The highest BCUT2D eigenvalue weighted by Gasteiger charge is 2.26. The lowest BCUT2D eigenvalue weighted by molar-refractivity contribution is 0.449. The number of hydrogen-bond donors (Lipinski definition) is 15. The van der Waals surface area contributed by atoms with Gasteiger partial charge in [0.05, 0.1) is 0 Å². The lowest BCUT2D eigenvalue weighted by Gasteiger charge is -2.16. The zero-order valence-electron chi connectivity index (χ0n) is 79.0. The first-order valence-electron chi connectivity index (χ1n) is 47.4. The summed E-state index contributed by atoms with van der Waals surface area (Å²) in [6, 6.07) is 114. The normalized spacial score (nSPS) is 12.4. The Morgan fingerprint density at radius 2 is 0.156 bits per heavy atom. The molecule has 0 radical (unpaired) electrons. The van der Waals surface area contributed by atoms with Crippen molar-refractivity contribution >= 4 is 0 Å². The van der Waals surface area contributed by atoms with E-state index >= 15 is 0 Å². The number of aromatic hydroxyl groups is 15. The second kappa shape index (κ2) is 44.8. The van der Waals surface area contributed by atoms with Crippen LogP contribution in [0.15, 0.2) is 364 Å². The number of phenolic OH excluding ortho intramolecular Hbond substituents is 15. The van der Waals surface area contributed by atoms with Crippen molar-refractivity contribution < 1.29 is 76.6 Å². The Labute approximate surface area is 822 Å². The number of aryl methyl sites for hydroxylation is 3. The fourth-order valence-electron chi connectivity index (χ4n) is 18.6. The van der Waals surface area contributed by atoms with E-state index in [1.165, 1.54) is 16.7 Å². The molecule has 15 nitrogen and oxygen atoms in total. The molecule has 0 atom stereocenters. The monoisotopic (exact) mass is 1870 g/mol. The summed E-state index contributed by atoms with van der Waals surface area (Å²) in [5, 5.41) is 168. The predicted molar refractivity (Wildman–Crippen MR) is 557 cm³/mol. The van der Waals surface area contributed by atoms with Crippen LogP contribution in [-0.4, -0.2) is 76.6 Å². The average Bonchev–Trinajstić information content (AvgIpc) is 0.801. The summed E-state index contributed by atoms with van der Waals surface area (Å²) in [6.07, 6.45) is 4.87. The lowest BCUT2D eigenvalue weighted by atomic mass is 9.91. The summed E-state index contributed by atoms with van der Waals surface area (Å²) in [4.78, 5) is 0. The molecule has 0 heterocycles. The minimum Gasteiger partial charge on any atom is -0.507 e. The molecule has 15 heteroatoms. The van der Waals surface area contributed by atoms with Gasteiger partial charge >= 0.3 is 0 Å². The van der Waals surface area contributed by atoms with E-state index in [2.05, 4.69) is 57.2 Å². The Hall–Kier alpha value is -17.0. The maximum Gasteiger partial charge on any atom is 0.122 e. The van der Waals surface area contributed by atoms with Crippen LogP contribution in [0, 0.1) is 20.8 Å². The summed E-state index contributed by atoms with van der Waals surface area (Å²) in [7, 11) is 0. The Kier molecular flexibility index (Phi) is 30.9. The van der Waals surface area contributed by atoms with Crippen molar-refractivity contribution in [2.45, 2.75) is 117 Å². The minimum atomic E-state index is 0.127. The van der Waals surface area contributed by atoms with E-state index in [1.807, 2.05) is 328 Å². The van der Waals surface area contributed by atoms with Crippen LogP contribution >= 0.6 is 0 Å². The summed E-state index contributed by atoms with van der Waals surface area (Å²) in [5.41, 5.74) is 24.0. The van der Waals surface area contributed by atoms with Crippen LogP contribution < -0.4 is 0 Å². The SMILES string of the molecule is Cc1ccccc1.Cc1ccccc1.Cc1ccccc1.Oc1c2cccc1Cc1cccc(c1O)Cc1cccc(c1O)Cc1cccc(c1O)Cc1cccc(c1O)C2.Oc1c2cccc1Cc1cccc(c1O)Cc1cccc(c1O)Cc1cccc(c1O)Cc1cccc(c1O)C2.Oc1c2cccc1Cc1cccc(c1O)Cc1cccc(c1O)Cc1cccc(c1O)Cc1cccc(c1O)C2. The van der Waals surface area contributed by atoms with Gasteiger partial charge in [0.25, 0.3) is 0 Å². The molecule has 15 N–H and O–H groups in total. The molecule has 3 aliphatic rings. The van der Waals surface area contributed by atoms with E-state index in [1.54, 1.807) is 0 Å². The second-order valence-electron chi connectivity index (χ2n) is 36.5. The van der Waals surface area contributed by atoms with Crippen LogP contribution in [0.25, 0.3) is 0 Å². The molecule has 0 saturated heterocycles. The van der Waals surface area contributed by atoms with Crippen LogP contribution in [0.1, 0.15) is 184 Å². The molecule has 0 aromatic heterocycles. The molecule has 0 fully saturated rings. The topological polar surface area (TPSA) is 303 Å². The highest BCUT2D eigenvalue weighted by Crippen LogP contribution is 2.45. The van der Waals surface area contributed by atoms with Crippen LogP contribution in [0.2, 0.25) is 0 Å². The van der Waals surface area contributed by atoms with E-state index in [0.717, 1.165) is 0 Å². The van der Waals surface area contributed by atoms with Crippen molar-refractivity contribution in [2.24, 2.45) is 0 Å². The Balaban J connectivity index is 0.000000137. The first kappa shape index (κ1) is 97.1. The molecule has 0 saturated carbocycles. The average molecular weight is 1870 g/mol. The van der Waals surface area contributed by atoms with Gasteiger partial charge in [-0.1, -0.05) is 381 Å². The van der Waals surface area contributed by atoms with Crippen LogP contribution in [0.5, 0.6) is 86.2 Å². The third kappa shape index (κ3) is 23.5. The van der Waals surface area contributed by atoms with Gasteiger partial charge in [0, 0.05) is 96.3 Å². The number of phenols is 15. The van der Waals surface area contributed by atoms with Crippen molar-refractivity contribution in [1.82, 2.24) is 0 Å². The van der Waals surface area contributed by atoms with E-state index in [0.29, 0.717) is 263 Å². The van der Waals surface area contributed by atoms with E-state index in [9.17, 15) is 76.6 Å². The van der Waals surface area contributed by atoms with Crippen molar-refractivity contribution in [2.75, 3.05) is 0 Å². The van der Waals surface area contributed by atoms with Gasteiger partial charge in [-0.05, 0) is 188 Å². The van der Waals surface area contributed by atoms with Gasteiger partial charge in [0.15, 0.2) is 0 Å². The van der Waals surface area contributed by atoms with Gasteiger partial charge in [0.1, 0.15) is 86.2 Å². The molecular formula is C126H114O15. The second-order valence-corrected chi connectivity index (χ2v) is 36.5. The summed E-state index contributed by atoms with van der Waals surface area (Å²) < 4.78 is 0. The number of fused-ring (bicyclic) bond motifs is 30. The van der Waals surface area contributed by atoms with Crippen molar-refractivity contribution in [3.05, 3.63) is 548 Å². The quantitative estimate of drug-likeness (QED) is 0.0671. The van der Waals surface area contributed by atoms with Crippen molar-refractivity contribution in [1.29, 1.82) is 0 Å². The molecule has 30 bridgehead atoms. The zero-order chi connectivity index (χ0) is 98.7. The maximum atomic E-state index is 11.2. The van der Waals surface area contributed by atoms with Gasteiger partial charge in [-0.25, -0.2) is 0 Å². The molecular weight excluding hydrogens is 1750 g/mol. The van der Waals surface area contributed by atoms with Crippen molar-refractivity contribution in [3.63, 3.8) is 0 Å². The minimum absolute atomic E-state index is 0.127. The largest absolute Gasteiger partial charge is 0.507 e. The van der Waals surface area contributed by atoms with Gasteiger partial charge in [-0.2, -0.15) is 0 Å². The van der Waals surface area contributed by atoms with E-state index in [4.69, 9.17) is 0 Å². The van der Waals surface area contributed by atoms with E-state index < -0.39 is 0 Å². The summed E-state index contributed by atoms with van der Waals surface area (Å²) >= 11 is 0. The number of hydrogen-bond acceptors (Lipinski definition) is 15. The van der Waals surface area contributed by atoms with Gasteiger partial charge in [0.2, 0.25) is 0 Å². The van der Waals surface area contributed by atoms with E-state index in [-0.39, 0.29) is 86.2 Å². The summed E-state index contributed by atoms with van der Waals surface area (Å²) in [5.74, 6) is 1.91. The number of para-hydroxylation sites is 15. The highest BCUT2D eigenvalue weighted by atomic mass is 16.3. The standard InChI is InChI=1S/3C35H30O5.3C7H8/c3*36-31-21-6-1-7-22(31)17-24-9-3-11-26(33(24)38)19-28-13-5-15-30(35(28)40)20-29-14-4-12-27(34(29)39)18-25-10-2-8-23(16-21)32(25)37;3*1-7-5-3-2-4-6-7/h3*1-15,36-40H,16-20H2;3*2-6H,1H3. The molecule has 18 aromatic rings. The smallest absolute Gasteiger partial charge is 0.122 e. The zero-order valence-corrected chi connectivity index (χ0v) is 79.0. The molecule has 0 aliphatic heterocycles. The highest BCUT2D eigenvalue weighted by molar-refractivity contribution is 5.62. The molecule has 21 rings (SSSR count). The Bertz CT molecular complexity index is 5590. The Morgan fingerprint density at radius 1 is 0.0922 bits per heavy atom. The number of benzene rings is 18. The third-order valence-electron chi connectivity index (χ3n) is 26.6. The van der Waals surface area contributed by atoms with Gasteiger partial charge < -0.3 is 76.6 Å². The molecule has 3 aliphatic carbocycles. The lowest BCUT2D eigenvalue weighted by Crippen LogP contribution is -2.00. The van der Waals surface area contributed by atoms with Crippen LogP contribution in [-0.2, 0) is 96.3 Å². The fraction of sp³-hybridized carbons (Fsp3) is 0.143. The molecule has 0 unspecified atom stereocenters. The molecule has 0 amide bonds. The molecule has 708 valence electrons. The van der Waals surface area contributed by atoms with Crippen LogP contribution in [0.4, 0.5) is 0 Å². The Morgan fingerprint density at radius 3 is 0.206 bits per heavy atom. The van der Waals surface area contributed by atoms with Crippen molar-refractivity contribution in [3.8, 4) is 86.2 Å². The fourth-order valence-corrected chi connectivity index (χ4v) is 18.6. The van der Waals surface area contributed by atoms with Gasteiger partial charge in [-0.3, -0.25) is 0 Å². The molecule has 0 spiro atoms. The molecule has 141 heavy (non-hydrogen) atoms. The maximum absolute atomic E-state index is 11.2. The molecule has 18 aromatic carbocycles. The summed E-state index contributed by atoms with van der Waals surface area (Å²) in [6.45, 7) is 6.25. The first-order valence-corrected chi connectivity index (χ1v) is 47.4. The number of rotatable bonds is 0. The first-order chi connectivity index (χ1) is 68.3. The third-order valence-corrected chi connectivity index (χ3v) is 26.6.